The van der Waals surface area contributed by atoms with Crippen molar-refractivity contribution in [2.45, 2.75) is 52.2 Å². The molecule has 0 bridgehead atoms. The van der Waals surface area contributed by atoms with Gasteiger partial charge >= 0.3 is 0 Å². The quantitative estimate of drug-likeness (QED) is 0.870. The Balaban J connectivity index is 1.93. The highest BCUT2D eigenvalue weighted by Crippen LogP contribution is 2.22. The Kier molecular flexibility index (Phi) is 5.42. The number of rotatable bonds is 6. The van der Waals surface area contributed by atoms with Crippen molar-refractivity contribution in [3.05, 3.63) is 15.9 Å². The molecule has 0 spiro atoms. The van der Waals surface area contributed by atoms with E-state index in [1.54, 1.807) is 0 Å². The van der Waals surface area contributed by atoms with Crippen molar-refractivity contribution in [2.75, 3.05) is 20.1 Å². The van der Waals surface area contributed by atoms with Gasteiger partial charge in [-0.15, -0.1) is 0 Å². The standard InChI is InChI=1S/C14H25BrN4/c1-4-12-14(15)13(19(5-2)17-12)10-16-9-11-7-6-8-18(11)3/h11,16H,4-10H2,1-3H3. The molecule has 1 aliphatic rings. The van der Waals surface area contributed by atoms with Crippen molar-refractivity contribution in [3.63, 3.8) is 0 Å². The molecule has 108 valence electrons. The topological polar surface area (TPSA) is 33.1 Å². The number of aryl methyl sites for hydroxylation is 2. The Morgan fingerprint density at radius 1 is 1.42 bits per heavy atom. The highest BCUT2D eigenvalue weighted by atomic mass is 79.9. The number of hydrogen-bond donors (Lipinski definition) is 1. The smallest absolute Gasteiger partial charge is 0.0767 e. The molecule has 0 amide bonds. The molecule has 0 aromatic carbocycles. The summed E-state index contributed by atoms with van der Waals surface area (Å²) in [4.78, 5) is 2.45. The molecule has 1 saturated heterocycles. The van der Waals surface area contributed by atoms with Crippen LogP contribution in [0.3, 0.4) is 0 Å². The summed E-state index contributed by atoms with van der Waals surface area (Å²) in [6.45, 7) is 8.43. The summed E-state index contributed by atoms with van der Waals surface area (Å²) in [5, 5.41) is 8.23. The lowest BCUT2D eigenvalue weighted by atomic mass is 10.2. The molecule has 4 nitrogen and oxygen atoms in total. The summed E-state index contributed by atoms with van der Waals surface area (Å²) in [5.74, 6) is 0. The van der Waals surface area contributed by atoms with Crippen LogP contribution in [0.5, 0.6) is 0 Å². The third kappa shape index (κ3) is 3.38. The monoisotopic (exact) mass is 328 g/mol. The fraction of sp³-hybridized carbons (Fsp3) is 0.786. The molecule has 1 atom stereocenters. The van der Waals surface area contributed by atoms with Crippen molar-refractivity contribution >= 4 is 15.9 Å². The Morgan fingerprint density at radius 2 is 2.21 bits per heavy atom. The van der Waals surface area contributed by atoms with Gasteiger partial charge < -0.3 is 10.2 Å². The molecule has 1 N–H and O–H groups in total. The Labute approximate surface area is 124 Å². The molecule has 1 aromatic rings. The van der Waals surface area contributed by atoms with Gasteiger partial charge in [0, 0.05) is 25.7 Å². The van der Waals surface area contributed by atoms with Crippen molar-refractivity contribution in [1.82, 2.24) is 20.0 Å². The first-order valence-corrected chi connectivity index (χ1v) is 8.11. The second kappa shape index (κ2) is 6.86. The normalized spacial score (nSPS) is 20.3. The Bertz CT molecular complexity index is 416. The molecule has 1 aliphatic heterocycles. The lowest BCUT2D eigenvalue weighted by Crippen LogP contribution is -2.35. The summed E-state index contributed by atoms with van der Waals surface area (Å²) in [6, 6.07) is 0.697. The summed E-state index contributed by atoms with van der Waals surface area (Å²) < 4.78 is 3.29. The van der Waals surface area contributed by atoms with Crippen molar-refractivity contribution in [1.29, 1.82) is 0 Å². The molecule has 5 heteroatoms. The average molecular weight is 329 g/mol. The predicted molar refractivity (Wildman–Crippen MR) is 82.3 cm³/mol. The van der Waals surface area contributed by atoms with Crippen molar-refractivity contribution < 1.29 is 0 Å². The molecule has 2 rings (SSSR count). The summed E-state index contributed by atoms with van der Waals surface area (Å²) in [6.07, 6.45) is 3.63. The zero-order valence-corrected chi connectivity index (χ0v) is 13.8. The van der Waals surface area contributed by atoms with E-state index in [-0.39, 0.29) is 0 Å². The summed E-state index contributed by atoms with van der Waals surface area (Å²) in [5.41, 5.74) is 2.44. The maximum absolute atomic E-state index is 4.63. The number of likely N-dealkylation sites (tertiary alicyclic amines) is 1. The van der Waals surface area contributed by atoms with Gasteiger partial charge in [0.25, 0.3) is 0 Å². The van der Waals surface area contributed by atoms with Crippen LogP contribution in [0.15, 0.2) is 4.47 Å². The van der Waals surface area contributed by atoms with Gasteiger partial charge in [-0.25, -0.2) is 0 Å². The molecule has 0 radical (unpaired) electrons. The minimum Gasteiger partial charge on any atom is -0.310 e. The molecule has 2 heterocycles. The maximum Gasteiger partial charge on any atom is 0.0767 e. The van der Waals surface area contributed by atoms with E-state index in [1.807, 2.05) is 0 Å². The highest BCUT2D eigenvalue weighted by molar-refractivity contribution is 9.10. The predicted octanol–water partition coefficient (Wildman–Crippen LogP) is 2.41. The zero-order chi connectivity index (χ0) is 13.8. The van der Waals surface area contributed by atoms with Crippen LogP contribution in [0.25, 0.3) is 0 Å². The van der Waals surface area contributed by atoms with E-state index in [4.69, 9.17) is 0 Å². The lowest BCUT2D eigenvalue weighted by molar-refractivity contribution is 0.299. The first-order valence-electron chi connectivity index (χ1n) is 7.32. The van der Waals surface area contributed by atoms with Gasteiger partial charge in [-0.2, -0.15) is 5.10 Å². The fourth-order valence-corrected chi connectivity index (χ4v) is 3.49. The SMILES string of the molecule is CCc1nn(CC)c(CNCC2CCCN2C)c1Br. The third-order valence-corrected chi connectivity index (χ3v) is 4.95. The van der Waals surface area contributed by atoms with E-state index < -0.39 is 0 Å². The van der Waals surface area contributed by atoms with Crippen molar-refractivity contribution in [3.8, 4) is 0 Å². The minimum atomic E-state index is 0.697. The van der Waals surface area contributed by atoms with Crippen LogP contribution in [0.4, 0.5) is 0 Å². The number of nitrogens with one attached hydrogen (secondary N) is 1. The molecule has 1 unspecified atom stereocenters. The number of halogens is 1. The van der Waals surface area contributed by atoms with Gasteiger partial charge in [-0.1, -0.05) is 6.92 Å². The largest absolute Gasteiger partial charge is 0.310 e. The summed E-state index contributed by atoms with van der Waals surface area (Å²) >= 11 is 3.69. The number of aromatic nitrogens is 2. The molecule has 1 aromatic heterocycles. The van der Waals surface area contributed by atoms with E-state index >= 15 is 0 Å². The van der Waals surface area contributed by atoms with Gasteiger partial charge in [0.2, 0.25) is 0 Å². The van der Waals surface area contributed by atoms with Gasteiger partial charge in [0.05, 0.1) is 15.9 Å². The second-order valence-corrected chi connectivity index (χ2v) is 6.08. The molecule has 0 saturated carbocycles. The highest BCUT2D eigenvalue weighted by Gasteiger charge is 2.20. The fourth-order valence-electron chi connectivity index (χ4n) is 2.78. The van der Waals surface area contributed by atoms with Gasteiger partial charge in [0.1, 0.15) is 0 Å². The molecular formula is C14H25BrN4. The second-order valence-electron chi connectivity index (χ2n) is 5.28. The molecule has 1 fully saturated rings. The van der Waals surface area contributed by atoms with E-state index in [0.717, 1.165) is 31.7 Å². The number of hydrogen-bond acceptors (Lipinski definition) is 3. The zero-order valence-electron chi connectivity index (χ0n) is 12.2. The Hall–Kier alpha value is -0.390. The number of likely N-dealkylation sites (N-methyl/N-ethyl adjacent to an activating group) is 1. The van der Waals surface area contributed by atoms with Gasteiger partial charge in [-0.3, -0.25) is 4.68 Å². The van der Waals surface area contributed by atoms with E-state index in [9.17, 15) is 0 Å². The van der Waals surface area contributed by atoms with Crippen LogP contribution in [-0.2, 0) is 19.5 Å². The minimum absolute atomic E-state index is 0.697. The van der Waals surface area contributed by atoms with Crippen LogP contribution in [0.1, 0.15) is 38.1 Å². The molecule has 0 aliphatic carbocycles. The van der Waals surface area contributed by atoms with Gasteiger partial charge in [0.15, 0.2) is 0 Å². The van der Waals surface area contributed by atoms with Crippen LogP contribution < -0.4 is 5.32 Å². The number of nitrogens with zero attached hydrogens (tertiary/aromatic N) is 3. The van der Waals surface area contributed by atoms with Crippen LogP contribution >= 0.6 is 15.9 Å². The van der Waals surface area contributed by atoms with Crippen LogP contribution in [-0.4, -0.2) is 40.9 Å². The first kappa shape index (κ1) is 15.0. The van der Waals surface area contributed by atoms with Crippen LogP contribution in [0.2, 0.25) is 0 Å². The molecular weight excluding hydrogens is 304 g/mol. The van der Waals surface area contributed by atoms with E-state index in [1.165, 1.54) is 29.6 Å². The molecule has 19 heavy (non-hydrogen) atoms. The summed E-state index contributed by atoms with van der Waals surface area (Å²) in [7, 11) is 2.22. The van der Waals surface area contributed by atoms with Gasteiger partial charge in [-0.05, 0) is 55.7 Å². The third-order valence-electron chi connectivity index (χ3n) is 4.04. The average Bonchev–Trinajstić information content (AvgIpc) is 2.95. The van der Waals surface area contributed by atoms with Crippen LogP contribution in [0, 0.1) is 0 Å². The van der Waals surface area contributed by atoms with Crippen molar-refractivity contribution in [2.24, 2.45) is 0 Å². The van der Waals surface area contributed by atoms with E-state index in [2.05, 4.69) is 56.8 Å². The Morgan fingerprint density at radius 3 is 2.79 bits per heavy atom. The lowest BCUT2D eigenvalue weighted by Gasteiger charge is -2.19. The van der Waals surface area contributed by atoms with E-state index in [0.29, 0.717) is 6.04 Å². The maximum atomic E-state index is 4.63. The first-order chi connectivity index (χ1) is 9.17.